The topological polar surface area (TPSA) is 73.9 Å². The van der Waals surface area contributed by atoms with Crippen LogP contribution in [0.5, 0.6) is 5.75 Å². The lowest BCUT2D eigenvalue weighted by atomic mass is 9.98. The number of hydrogen-bond donors (Lipinski definition) is 1. The van der Waals surface area contributed by atoms with Crippen LogP contribution in [0.15, 0.2) is 18.2 Å². The molecule has 1 N–H and O–H groups in total. The van der Waals surface area contributed by atoms with Crippen molar-refractivity contribution in [1.82, 2.24) is 5.32 Å². The molecule has 1 aromatic rings. The summed E-state index contributed by atoms with van der Waals surface area (Å²) >= 11 is 0. The molecule has 0 aliphatic rings. The number of amides is 1. The Morgan fingerprint density at radius 2 is 1.71 bits per heavy atom. The first-order valence-electron chi connectivity index (χ1n) is 10.6. The van der Waals surface area contributed by atoms with Gasteiger partial charge in [-0.25, -0.2) is 18.4 Å². The molecule has 0 bridgehead atoms. The number of ether oxygens (including phenoxy) is 3. The lowest BCUT2D eigenvalue weighted by molar-refractivity contribution is -0.158. The first-order valence-corrected chi connectivity index (χ1v) is 10.6. The van der Waals surface area contributed by atoms with Crippen LogP contribution in [0.2, 0.25) is 0 Å². The van der Waals surface area contributed by atoms with Crippen LogP contribution in [-0.4, -0.2) is 35.9 Å². The number of esters is 1. The first kappa shape index (κ1) is 26.7. The summed E-state index contributed by atoms with van der Waals surface area (Å²) in [5, 5.41) is 2.58. The van der Waals surface area contributed by atoms with Gasteiger partial charge in [0.2, 0.25) is 0 Å². The van der Waals surface area contributed by atoms with E-state index in [0.717, 1.165) is 18.2 Å². The molecule has 176 valence electrons. The summed E-state index contributed by atoms with van der Waals surface area (Å²) in [5.41, 5.74) is -0.715. The predicted molar refractivity (Wildman–Crippen MR) is 114 cm³/mol. The summed E-state index contributed by atoms with van der Waals surface area (Å²) in [6.07, 6.45) is -1.63. The van der Waals surface area contributed by atoms with Gasteiger partial charge in [0.15, 0.2) is 11.6 Å². The number of hydrogen-bond acceptors (Lipinski definition) is 5. The van der Waals surface area contributed by atoms with E-state index in [-0.39, 0.29) is 17.6 Å². The molecule has 0 fully saturated rings. The van der Waals surface area contributed by atoms with Crippen LogP contribution in [0.4, 0.5) is 13.6 Å². The summed E-state index contributed by atoms with van der Waals surface area (Å²) in [7, 11) is 0. The van der Waals surface area contributed by atoms with Crippen LogP contribution in [0.25, 0.3) is 0 Å². The van der Waals surface area contributed by atoms with E-state index in [1.165, 1.54) is 0 Å². The van der Waals surface area contributed by atoms with Crippen molar-refractivity contribution in [2.24, 2.45) is 11.8 Å². The second kappa shape index (κ2) is 11.3. The first-order chi connectivity index (χ1) is 14.2. The quantitative estimate of drug-likeness (QED) is 0.529. The maximum Gasteiger partial charge on any atom is 0.408 e. The van der Waals surface area contributed by atoms with Gasteiger partial charge >= 0.3 is 12.1 Å². The molecule has 31 heavy (non-hydrogen) atoms. The molecule has 1 rings (SSSR count). The second-order valence-corrected chi connectivity index (χ2v) is 9.05. The monoisotopic (exact) mass is 443 g/mol. The average molecular weight is 444 g/mol. The van der Waals surface area contributed by atoms with Crippen LogP contribution in [-0.2, 0) is 14.3 Å². The molecule has 4 atom stereocenters. The summed E-state index contributed by atoms with van der Waals surface area (Å²) in [6, 6.07) is 1.99. The number of alkyl carbamates (subject to hydrolysis) is 1. The lowest BCUT2D eigenvalue weighted by Crippen LogP contribution is -2.49. The number of halogens is 2. The largest absolute Gasteiger partial charge is 0.483 e. The fourth-order valence-corrected chi connectivity index (χ4v) is 2.92. The van der Waals surface area contributed by atoms with Crippen molar-refractivity contribution in [2.75, 3.05) is 0 Å². The van der Waals surface area contributed by atoms with Gasteiger partial charge in [0.05, 0.1) is 0 Å². The fourth-order valence-electron chi connectivity index (χ4n) is 2.92. The summed E-state index contributed by atoms with van der Waals surface area (Å²) < 4.78 is 44.0. The zero-order chi connectivity index (χ0) is 23.9. The van der Waals surface area contributed by atoms with Crippen LogP contribution >= 0.6 is 0 Å². The van der Waals surface area contributed by atoms with Gasteiger partial charge in [0.25, 0.3) is 0 Å². The smallest absolute Gasteiger partial charge is 0.408 e. The average Bonchev–Trinajstić information content (AvgIpc) is 2.64. The summed E-state index contributed by atoms with van der Waals surface area (Å²) in [5.74, 6) is -2.65. The third-order valence-electron chi connectivity index (χ3n) is 4.72. The van der Waals surface area contributed by atoms with Gasteiger partial charge in [0, 0.05) is 6.07 Å². The molecule has 0 radical (unpaired) electrons. The van der Waals surface area contributed by atoms with Crippen molar-refractivity contribution < 1.29 is 32.6 Å². The minimum absolute atomic E-state index is 0.175. The molecule has 0 spiro atoms. The maximum absolute atomic E-state index is 14.0. The van der Waals surface area contributed by atoms with Crippen molar-refractivity contribution in [1.29, 1.82) is 0 Å². The Morgan fingerprint density at radius 1 is 1.10 bits per heavy atom. The highest BCUT2D eigenvalue weighted by Gasteiger charge is 2.34. The van der Waals surface area contributed by atoms with Gasteiger partial charge in [0.1, 0.15) is 29.7 Å². The van der Waals surface area contributed by atoms with E-state index in [0.29, 0.717) is 6.42 Å². The molecule has 0 aliphatic heterocycles. The van der Waals surface area contributed by atoms with Crippen molar-refractivity contribution in [2.45, 2.75) is 85.7 Å². The van der Waals surface area contributed by atoms with E-state index in [2.05, 4.69) is 5.32 Å². The Labute approximate surface area is 183 Å². The van der Waals surface area contributed by atoms with Crippen molar-refractivity contribution in [3.8, 4) is 5.75 Å². The van der Waals surface area contributed by atoms with E-state index in [4.69, 9.17) is 14.2 Å². The molecule has 1 amide bonds. The highest BCUT2D eigenvalue weighted by molar-refractivity contribution is 5.81. The zero-order valence-corrected chi connectivity index (χ0v) is 19.6. The lowest BCUT2D eigenvalue weighted by Gasteiger charge is -2.31. The maximum atomic E-state index is 14.0. The third-order valence-corrected chi connectivity index (χ3v) is 4.72. The third kappa shape index (κ3) is 8.71. The molecular formula is C23H35F2NO5. The van der Waals surface area contributed by atoms with Crippen LogP contribution in [0.3, 0.4) is 0 Å². The molecule has 8 heteroatoms. The van der Waals surface area contributed by atoms with E-state index >= 15 is 0 Å². The number of nitrogens with one attached hydrogen (secondary N) is 1. The SMILES string of the molecule is CC[C@H](C)[C@H](NC(=O)OC(C)(C)C)C(=O)O[C@@H](C)[C@H](Oc1cc(F)ccc1F)C(C)C. The molecule has 0 aliphatic carbocycles. The fraction of sp³-hybridized carbons (Fsp3) is 0.652. The number of carbonyl (C=O) groups is 2. The normalized spacial score (nSPS) is 15.6. The van der Waals surface area contributed by atoms with E-state index in [1.807, 2.05) is 27.7 Å². The molecule has 0 saturated heterocycles. The van der Waals surface area contributed by atoms with E-state index in [1.54, 1.807) is 27.7 Å². The second-order valence-electron chi connectivity index (χ2n) is 9.05. The van der Waals surface area contributed by atoms with Gasteiger partial charge in [-0.15, -0.1) is 0 Å². The van der Waals surface area contributed by atoms with Crippen LogP contribution in [0, 0.1) is 23.5 Å². The standard InChI is InChI=1S/C23H35F2NO5/c1-9-14(4)19(26-22(28)31-23(6,7)8)21(27)29-15(5)20(13(2)3)30-18-12-16(24)10-11-17(18)25/h10-15,19-20H,9H2,1-8H3,(H,26,28)/t14-,15-,19-,20+/m0/s1. The minimum Gasteiger partial charge on any atom is -0.483 e. The Kier molecular flexibility index (Phi) is 9.72. The summed E-state index contributed by atoms with van der Waals surface area (Å²) in [4.78, 5) is 25.1. The van der Waals surface area contributed by atoms with Gasteiger partial charge in [-0.05, 0) is 51.7 Å². The number of benzene rings is 1. The van der Waals surface area contributed by atoms with E-state index in [9.17, 15) is 18.4 Å². The molecule has 0 unspecified atom stereocenters. The zero-order valence-electron chi connectivity index (χ0n) is 19.6. The van der Waals surface area contributed by atoms with Gasteiger partial charge in [-0.2, -0.15) is 0 Å². The molecular weight excluding hydrogens is 408 g/mol. The molecule has 0 saturated carbocycles. The van der Waals surface area contributed by atoms with Gasteiger partial charge in [-0.3, -0.25) is 0 Å². The van der Waals surface area contributed by atoms with E-state index < -0.39 is 47.5 Å². The molecule has 1 aromatic carbocycles. The minimum atomic E-state index is -0.930. The van der Waals surface area contributed by atoms with Crippen molar-refractivity contribution >= 4 is 12.1 Å². The Bertz CT molecular complexity index is 748. The number of carbonyl (C=O) groups excluding carboxylic acids is 2. The molecule has 0 aromatic heterocycles. The van der Waals surface area contributed by atoms with Crippen LogP contribution < -0.4 is 10.1 Å². The Hall–Kier alpha value is -2.38. The Morgan fingerprint density at radius 3 is 2.23 bits per heavy atom. The number of rotatable bonds is 9. The van der Waals surface area contributed by atoms with Crippen LogP contribution in [0.1, 0.15) is 61.8 Å². The Balaban J connectivity index is 2.95. The highest BCUT2D eigenvalue weighted by Crippen LogP contribution is 2.24. The van der Waals surface area contributed by atoms with Crippen molar-refractivity contribution in [3.05, 3.63) is 29.8 Å². The molecule has 6 nitrogen and oxygen atoms in total. The predicted octanol–water partition coefficient (Wildman–Crippen LogP) is 5.24. The molecule has 0 heterocycles. The van der Waals surface area contributed by atoms with Gasteiger partial charge < -0.3 is 19.5 Å². The highest BCUT2D eigenvalue weighted by atomic mass is 19.1. The summed E-state index contributed by atoms with van der Waals surface area (Å²) in [6.45, 7) is 14.1. The van der Waals surface area contributed by atoms with Crippen molar-refractivity contribution in [3.63, 3.8) is 0 Å². The van der Waals surface area contributed by atoms with Gasteiger partial charge in [-0.1, -0.05) is 34.1 Å².